The molecular weight excluding hydrogens is 264 g/mol. The van der Waals surface area contributed by atoms with Crippen molar-refractivity contribution in [1.29, 1.82) is 0 Å². The highest BCUT2D eigenvalue weighted by Crippen LogP contribution is 2.16. The monoisotopic (exact) mass is 277 g/mol. The van der Waals surface area contributed by atoms with E-state index in [9.17, 15) is 13.6 Å². The Balaban J connectivity index is 1.99. The summed E-state index contributed by atoms with van der Waals surface area (Å²) in [7, 11) is 0. The fourth-order valence-corrected chi connectivity index (χ4v) is 1.74. The number of hydrogen-bond donors (Lipinski definition) is 0. The number of halogens is 2. The average Bonchev–Trinajstić information content (AvgIpc) is 2.43. The third kappa shape index (κ3) is 3.60. The van der Waals surface area contributed by atoms with Crippen LogP contribution < -0.4 is 0 Å². The van der Waals surface area contributed by atoms with E-state index in [-0.39, 0.29) is 12.0 Å². The van der Waals surface area contributed by atoms with Crippen molar-refractivity contribution in [2.45, 2.75) is 19.4 Å². The molecule has 1 aromatic heterocycles. The first-order valence-electron chi connectivity index (χ1n) is 6.10. The van der Waals surface area contributed by atoms with Crippen LogP contribution in [0.3, 0.4) is 0 Å². The summed E-state index contributed by atoms with van der Waals surface area (Å²) in [6.45, 7) is 1.68. The molecule has 1 heterocycles. The summed E-state index contributed by atoms with van der Waals surface area (Å²) in [4.78, 5) is 15.8. The minimum absolute atomic E-state index is 0.102. The van der Waals surface area contributed by atoms with Crippen LogP contribution in [0.5, 0.6) is 0 Å². The lowest BCUT2D eigenvalue weighted by atomic mass is 10.1. The summed E-state index contributed by atoms with van der Waals surface area (Å²) in [5.41, 5.74) is 0.713. The van der Waals surface area contributed by atoms with Crippen molar-refractivity contribution >= 4 is 5.97 Å². The molecule has 104 valence electrons. The maximum absolute atomic E-state index is 13.4. The van der Waals surface area contributed by atoms with Crippen LogP contribution in [0.15, 0.2) is 42.6 Å². The van der Waals surface area contributed by atoms with Gasteiger partial charge >= 0.3 is 5.97 Å². The molecule has 0 radical (unpaired) electrons. The van der Waals surface area contributed by atoms with Gasteiger partial charge < -0.3 is 4.74 Å². The van der Waals surface area contributed by atoms with E-state index in [1.165, 1.54) is 6.07 Å². The van der Waals surface area contributed by atoms with Gasteiger partial charge in [-0.25, -0.2) is 8.78 Å². The normalized spacial score (nSPS) is 11.9. The molecule has 0 amide bonds. The third-order valence-electron chi connectivity index (χ3n) is 2.76. The molecule has 0 aliphatic rings. The van der Waals surface area contributed by atoms with Gasteiger partial charge in [0.1, 0.15) is 17.7 Å². The molecule has 0 saturated carbocycles. The van der Waals surface area contributed by atoms with Gasteiger partial charge in [0.15, 0.2) is 0 Å². The SMILES string of the molecule is CC(OC(=O)Cc1ccc(F)cc1F)c1ccccn1. The molecule has 5 heteroatoms. The van der Waals surface area contributed by atoms with Gasteiger partial charge in [-0.1, -0.05) is 12.1 Å². The highest BCUT2D eigenvalue weighted by Gasteiger charge is 2.15. The minimum atomic E-state index is -0.757. The molecule has 0 spiro atoms. The second kappa shape index (κ2) is 6.23. The van der Waals surface area contributed by atoms with Crippen molar-refractivity contribution in [3.8, 4) is 0 Å². The number of carbonyl (C=O) groups excluding carboxylic acids is 1. The molecule has 0 bridgehead atoms. The van der Waals surface area contributed by atoms with Gasteiger partial charge in [0, 0.05) is 12.3 Å². The lowest BCUT2D eigenvalue weighted by Crippen LogP contribution is -2.13. The van der Waals surface area contributed by atoms with Crippen molar-refractivity contribution in [3.05, 3.63) is 65.5 Å². The summed E-state index contributed by atoms with van der Waals surface area (Å²) in [5, 5.41) is 0. The molecule has 3 nitrogen and oxygen atoms in total. The zero-order chi connectivity index (χ0) is 14.5. The molecule has 2 rings (SSSR count). The van der Waals surface area contributed by atoms with Crippen molar-refractivity contribution in [2.24, 2.45) is 0 Å². The van der Waals surface area contributed by atoms with E-state index in [0.717, 1.165) is 12.1 Å². The van der Waals surface area contributed by atoms with E-state index in [0.29, 0.717) is 5.69 Å². The lowest BCUT2D eigenvalue weighted by molar-refractivity contribution is -0.148. The molecular formula is C15H13F2NO2. The number of pyridine rings is 1. The molecule has 1 atom stereocenters. The summed E-state index contributed by atoms with van der Waals surface area (Å²) >= 11 is 0. The van der Waals surface area contributed by atoms with Crippen LogP contribution in [0.4, 0.5) is 8.78 Å². The third-order valence-corrected chi connectivity index (χ3v) is 2.76. The van der Waals surface area contributed by atoms with Gasteiger partial charge in [-0.05, 0) is 30.7 Å². The molecule has 2 aromatic rings. The van der Waals surface area contributed by atoms with Gasteiger partial charge in [-0.3, -0.25) is 9.78 Å². The van der Waals surface area contributed by atoms with E-state index in [4.69, 9.17) is 4.74 Å². The fraction of sp³-hybridized carbons (Fsp3) is 0.200. The van der Waals surface area contributed by atoms with E-state index in [2.05, 4.69) is 4.98 Å². The van der Waals surface area contributed by atoms with E-state index in [1.54, 1.807) is 31.3 Å². The largest absolute Gasteiger partial charge is 0.456 e. The summed E-state index contributed by atoms with van der Waals surface area (Å²) < 4.78 is 31.3. The first-order valence-corrected chi connectivity index (χ1v) is 6.10. The zero-order valence-electron chi connectivity index (χ0n) is 10.8. The Bertz CT molecular complexity index is 602. The smallest absolute Gasteiger partial charge is 0.311 e. The molecule has 1 unspecified atom stereocenters. The highest BCUT2D eigenvalue weighted by atomic mass is 19.1. The second-order valence-corrected chi connectivity index (χ2v) is 4.30. The Hall–Kier alpha value is -2.30. The van der Waals surface area contributed by atoms with Crippen molar-refractivity contribution in [3.63, 3.8) is 0 Å². The Morgan fingerprint density at radius 2 is 2.10 bits per heavy atom. The van der Waals surface area contributed by atoms with E-state index in [1.807, 2.05) is 0 Å². The van der Waals surface area contributed by atoms with Crippen molar-refractivity contribution in [2.75, 3.05) is 0 Å². The number of benzene rings is 1. The van der Waals surface area contributed by atoms with Gasteiger partial charge in [0.2, 0.25) is 0 Å². The topological polar surface area (TPSA) is 39.2 Å². The zero-order valence-corrected chi connectivity index (χ0v) is 10.8. The Kier molecular flexibility index (Phi) is 4.40. The number of aromatic nitrogens is 1. The van der Waals surface area contributed by atoms with Crippen LogP contribution in [0.25, 0.3) is 0 Å². The maximum atomic E-state index is 13.4. The van der Waals surface area contributed by atoms with Crippen molar-refractivity contribution in [1.82, 2.24) is 4.98 Å². The first-order chi connectivity index (χ1) is 9.56. The Labute approximate surface area is 115 Å². The summed E-state index contributed by atoms with van der Waals surface area (Å²) in [5.74, 6) is -2.03. The molecule has 0 N–H and O–H groups in total. The number of ether oxygens (including phenoxy) is 1. The van der Waals surface area contributed by atoms with Gasteiger partial charge in [-0.15, -0.1) is 0 Å². The highest BCUT2D eigenvalue weighted by molar-refractivity contribution is 5.72. The number of hydrogen-bond acceptors (Lipinski definition) is 3. The Morgan fingerprint density at radius 1 is 1.30 bits per heavy atom. The maximum Gasteiger partial charge on any atom is 0.311 e. The van der Waals surface area contributed by atoms with Crippen LogP contribution >= 0.6 is 0 Å². The molecule has 1 aromatic carbocycles. The standard InChI is InChI=1S/C15H13F2NO2/c1-10(14-4-2-3-7-18-14)20-15(19)8-11-5-6-12(16)9-13(11)17/h2-7,9-10H,8H2,1H3. The number of carbonyl (C=O) groups is 1. The minimum Gasteiger partial charge on any atom is -0.456 e. The number of esters is 1. The van der Waals surface area contributed by atoms with Crippen LogP contribution in [0.2, 0.25) is 0 Å². The van der Waals surface area contributed by atoms with Gasteiger partial charge in [0.25, 0.3) is 0 Å². The number of nitrogens with zero attached hydrogens (tertiary/aromatic N) is 1. The Morgan fingerprint density at radius 3 is 2.75 bits per heavy atom. The summed E-state index contributed by atoms with van der Waals surface area (Å²) in [6, 6.07) is 8.35. The molecule has 0 saturated heterocycles. The lowest BCUT2D eigenvalue weighted by Gasteiger charge is -2.12. The number of rotatable bonds is 4. The van der Waals surface area contributed by atoms with Crippen molar-refractivity contribution < 1.29 is 18.3 Å². The predicted octanol–water partition coefficient (Wildman–Crippen LogP) is 3.21. The quantitative estimate of drug-likeness (QED) is 0.806. The van der Waals surface area contributed by atoms with Crippen LogP contribution in [0, 0.1) is 11.6 Å². The first kappa shape index (κ1) is 14.1. The van der Waals surface area contributed by atoms with Crippen LogP contribution in [0.1, 0.15) is 24.3 Å². The average molecular weight is 277 g/mol. The molecule has 0 aliphatic carbocycles. The molecule has 0 fully saturated rings. The molecule has 0 aliphatic heterocycles. The predicted molar refractivity (Wildman–Crippen MR) is 68.8 cm³/mol. The summed E-state index contributed by atoms with van der Waals surface area (Å²) in [6.07, 6.45) is 0.829. The van der Waals surface area contributed by atoms with Gasteiger partial charge in [0.05, 0.1) is 12.1 Å². The van der Waals surface area contributed by atoms with Crippen LogP contribution in [-0.2, 0) is 16.0 Å². The second-order valence-electron chi connectivity index (χ2n) is 4.30. The fourth-order valence-electron chi connectivity index (χ4n) is 1.74. The van der Waals surface area contributed by atoms with E-state index >= 15 is 0 Å². The van der Waals surface area contributed by atoms with Gasteiger partial charge in [-0.2, -0.15) is 0 Å². The van der Waals surface area contributed by atoms with E-state index < -0.39 is 23.7 Å². The molecule has 20 heavy (non-hydrogen) atoms. The van der Waals surface area contributed by atoms with Crippen LogP contribution in [-0.4, -0.2) is 11.0 Å².